The average molecular weight is 320 g/mol. The van der Waals surface area contributed by atoms with Crippen LogP contribution in [0.3, 0.4) is 0 Å². The maximum Gasteiger partial charge on any atom is 0.410 e. The number of aromatic nitrogens is 1. The summed E-state index contributed by atoms with van der Waals surface area (Å²) >= 11 is 0. The van der Waals surface area contributed by atoms with Crippen LogP contribution in [0.1, 0.15) is 44.1 Å². The second-order valence-corrected chi connectivity index (χ2v) is 6.64. The Bertz CT molecular complexity index is 539. The van der Waals surface area contributed by atoms with Gasteiger partial charge in [0.05, 0.1) is 12.6 Å². The van der Waals surface area contributed by atoms with Gasteiger partial charge in [0.1, 0.15) is 17.9 Å². The Morgan fingerprint density at radius 2 is 2.13 bits per heavy atom. The van der Waals surface area contributed by atoms with Crippen LogP contribution in [0.2, 0.25) is 0 Å². The van der Waals surface area contributed by atoms with Gasteiger partial charge in [-0.1, -0.05) is 6.07 Å². The predicted molar refractivity (Wildman–Crippen MR) is 85.3 cm³/mol. The number of amides is 1. The lowest BCUT2D eigenvalue weighted by Gasteiger charge is -2.33. The average Bonchev–Trinajstić information content (AvgIpc) is 2.52. The number of rotatable bonds is 4. The maximum absolute atomic E-state index is 12.1. The lowest BCUT2D eigenvalue weighted by molar-refractivity contribution is -0.0164. The first-order valence-corrected chi connectivity index (χ1v) is 7.89. The van der Waals surface area contributed by atoms with E-state index in [1.165, 1.54) is 0 Å². The molecule has 126 valence electrons. The summed E-state index contributed by atoms with van der Waals surface area (Å²) in [6.07, 6.45) is 2.76. The van der Waals surface area contributed by atoms with Crippen LogP contribution < -0.4 is 0 Å². The number of likely N-dealkylation sites (tertiary alicyclic amines) is 1. The van der Waals surface area contributed by atoms with Crippen molar-refractivity contribution in [1.82, 2.24) is 9.88 Å². The van der Waals surface area contributed by atoms with Crippen LogP contribution in [0.5, 0.6) is 0 Å². The van der Waals surface area contributed by atoms with E-state index >= 15 is 0 Å². The third-order valence-corrected chi connectivity index (χ3v) is 3.43. The van der Waals surface area contributed by atoms with Crippen molar-refractivity contribution in [3.05, 3.63) is 30.1 Å². The highest BCUT2D eigenvalue weighted by Gasteiger charge is 2.28. The first-order chi connectivity index (χ1) is 10.8. The SMILES string of the molecule is CC(C)(C)OC(=O)N1CCCC(OCC(=O)c2ccccn2)C1. The minimum atomic E-state index is -0.514. The molecule has 1 amide bonds. The number of pyridine rings is 1. The number of piperidine rings is 1. The first-order valence-electron chi connectivity index (χ1n) is 7.89. The Morgan fingerprint density at radius 3 is 2.78 bits per heavy atom. The van der Waals surface area contributed by atoms with Gasteiger partial charge in [-0.15, -0.1) is 0 Å². The largest absolute Gasteiger partial charge is 0.444 e. The van der Waals surface area contributed by atoms with Gasteiger partial charge in [0.25, 0.3) is 0 Å². The number of carbonyl (C=O) groups excluding carboxylic acids is 2. The molecule has 1 aromatic heterocycles. The van der Waals surface area contributed by atoms with Crippen molar-refractivity contribution in [2.75, 3.05) is 19.7 Å². The molecule has 0 aromatic carbocycles. The number of nitrogens with zero attached hydrogens (tertiary/aromatic N) is 2. The highest BCUT2D eigenvalue weighted by Crippen LogP contribution is 2.17. The summed E-state index contributed by atoms with van der Waals surface area (Å²) in [6.45, 7) is 6.61. The molecule has 1 aliphatic heterocycles. The van der Waals surface area contributed by atoms with Gasteiger partial charge in [-0.2, -0.15) is 0 Å². The van der Waals surface area contributed by atoms with E-state index in [1.54, 1.807) is 29.3 Å². The van der Waals surface area contributed by atoms with E-state index in [9.17, 15) is 9.59 Å². The number of carbonyl (C=O) groups is 2. The van der Waals surface area contributed by atoms with Crippen LogP contribution in [-0.2, 0) is 9.47 Å². The third kappa shape index (κ3) is 5.63. The fourth-order valence-corrected chi connectivity index (χ4v) is 2.36. The van der Waals surface area contributed by atoms with Gasteiger partial charge < -0.3 is 14.4 Å². The van der Waals surface area contributed by atoms with E-state index < -0.39 is 5.60 Å². The smallest absolute Gasteiger partial charge is 0.410 e. The molecule has 0 aliphatic carbocycles. The van der Waals surface area contributed by atoms with Gasteiger partial charge in [0.2, 0.25) is 5.78 Å². The number of Topliss-reactive ketones (excluding diaryl/α,β-unsaturated/α-hetero) is 1. The van der Waals surface area contributed by atoms with Crippen molar-refractivity contribution < 1.29 is 19.1 Å². The maximum atomic E-state index is 12.1. The highest BCUT2D eigenvalue weighted by atomic mass is 16.6. The molecule has 0 spiro atoms. The van der Waals surface area contributed by atoms with Crippen molar-refractivity contribution in [3.63, 3.8) is 0 Å². The van der Waals surface area contributed by atoms with Crippen molar-refractivity contribution in [2.24, 2.45) is 0 Å². The molecule has 2 heterocycles. The summed E-state index contributed by atoms with van der Waals surface area (Å²) < 4.78 is 11.0. The molecule has 1 unspecified atom stereocenters. The number of ketones is 1. The topological polar surface area (TPSA) is 68.7 Å². The van der Waals surface area contributed by atoms with Gasteiger partial charge in [0, 0.05) is 12.7 Å². The minimum absolute atomic E-state index is 0.0240. The summed E-state index contributed by atoms with van der Waals surface area (Å²) in [5.74, 6) is -0.153. The lowest BCUT2D eigenvalue weighted by atomic mass is 10.1. The van der Waals surface area contributed by atoms with Crippen LogP contribution >= 0.6 is 0 Å². The molecule has 1 aliphatic rings. The van der Waals surface area contributed by atoms with Gasteiger partial charge in [0.15, 0.2) is 0 Å². The van der Waals surface area contributed by atoms with E-state index in [4.69, 9.17) is 9.47 Å². The summed E-state index contributed by atoms with van der Waals surface area (Å²) in [6, 6.07) is 5.20. The highest BCUT2D eigenvalue weighted by molar-refractivity contribution is 5.95. The molecule has 0 radical (unpaired) electrons. The third-order valence-electron chi connectivity index (χ3n) is 3.43. The zero-order valence-electron chi connectivity index (χ0n) is 13.9. The Labute approximate surface area is 136 Å². The van der Waals surface area contributed by atoms with Crippen LogP contribution in [-0.4, -0.2) is 53.2 Å². The molecule has 0 N–H and O–H groups in total. The van der Waals surface area contributed by atoms with E-state index in [-0.39, 0.29) is 24.6 Å². The number of hydrogen-bond acceptors (Lipinski definition) is 5. The van der Waals surface area contributed by atoms with Gasteiger partial charge in [-0.05, 0) is 45.7 Å². The van der Waals surface area contributed by atoms with Crippen LogP contribution in [0.25, 0.3) is 0 Å². The van der Waals surface area contributed by atoms with E-state index in [2.05, 4.69) is 4.98 Å². The quantitative estimate of drug-likeness (QED) is 0.798. The molecule has 6 heteroatoms. The summed E-state index contributed by atoms with van der Waals surface area (Å²) in [5, 5.41) is 0. The zero-order valence-corrected chi connectivity index (χ0v) is 13.9. The monoisotopic (exact) mass is 320 g/mol. The fraction of sp³-hybridized carbons (Fsp3) is 0.588. The summed E-state index contributed by atoms with van der Waals surface area (Å²) in [7, 11) is 0. The van der Waals surface area contributed by atoms with E-state index in [1.807, 2.05) is 20.8 Å². The van der Waals surface area contributed by atoms with Gasteiger partial charge in [-0.3, -0.25) is 9.78 Å². The van der Waals surface area contributed by atoms with Crippen LogP contribution in [0.4, 0.5) is 4.79 Å². The molecular weight excluding hydrogens is 296 g/mol. The Balaban J connectivity index is 1.82. The summed E-state index contributed by atoms with van der Waals surface area (Å²) in [5.41, 5.74) is -0.118. The Kier molecular flexibility index (Phi) is 5.71. The van der Waals surface area contributed by atoms with Crippen molar-refractivity contribution >= 4 is 11.9 Å². The second kappa shape index (κ2) is 7.55. The fourth-order valence-electron chi connectivity index (χ4n) is 2.36. The molecule has 6 nitrogen and oxygen atoms in total. The first kappa shape index (κ1) is 17.4. The molecule has 1 fully saturated rings. The minimum Gasteiger partial charge on any atom is -0.444 e. The Hall–Kier alpha value is -1.95. The van der Waals surface area contributed by atoms with Crippen molar-refractivity contribution in [1.29, 1.82) is 0 Å². The molecule has 0 saturated carbocycles. The van der Waals surface area contributed by atoms with E-state index in [0.29, 0.717) is 18.8 Å². The number of ether oxygens (including phenoxy) is 2. The summed E-state index contributed by atoms with van der Waals surface area (Å²) in [4.78, 5) is 29.7. The van der Waals surface area contributed by atoms with Gasteiger partial charge in [-0.25, -0.2) is 4.79 Å². The molecule has 1 aromatic rings. The zero-order chi connectivity index (χ0) is 16.9. The number of hydrogen-bond donors (Lipinski definition) is 0. The molecule has 1 atom stereocenters. The molecule has 2 rings (SSSR count). The van der Waals surface area contributed by atoms with Crippen molar-refractivity contribution in [3.8, 4) is 0 Å². The second-order valence-electron chi connectivity index (χ2n) is 6.64. The molecular formula is C17H24N2O4. The van der Waals surface area contributed by atoms with Crippen molar-refractivity contribution in [2.45, 2.75) is 45.3 Å². The normalized spacial score (nSPS) is 18.6. The molecule has 23 heavy (non-hydrogen) atoms. The lowest BCUT2D eigenvalue weighted by Crippen LogP contribution is -2.45. The predicted octanol–water partition coefficient (Wildman–Crippen LogP) is 2.68. The standard InChI is InChI=1S/C17H24N2O4/c1-17(2,3)23-16(21)19-10-6-7-13(11-19)22-12-15(20)14-8-4-5-9-18-14/h4-5,8-9,13H,6-7,10-12H2,1-3H3. The molecule has 0 bridgehead atoms. The van der Waals surface area contributed by atoms with Crippen LogP contribution in [0, 0.1) is 0 Å². The van der Waals surface area contributed by atoms with Crippen LogP contribution in [0.15, 0.2) is 24.4 Å². The van der Waals surface area contributed by atoms with E-state index in [0.717, 1.165) is 12.8 Å². The van der Waals surface area contributed by atoms with Gasteiger partial charge >= 0.3 is 6.09 Å². The Morgan fingerprint density at radius 1 is 1.35 bits per heavy atom. The molecule has 1 saturated heterocycles.